The van der Waals surface area contributed by atoms with Gasteiger partial charge in [0.2, 0.25) is 5.91 Å². The summed E-state index contributed by atoms with van der Waals surface area (Å²) < 4.78 is 4.89. The summed E-state index contributed by atoms with van der Waals surface area (Å²) in [5.74, 6) is 0.241. The fourth-order valence-corrected chi connectivity index (χ4v) is 2.96. The number of primary amides is 1. The summed E-state index contributed by atoms with van der Waals surface area (Å²) in [4.78, 5) is 29.7. The van der Waals surface area contributed by atoms with Crippen LogP contribution in [0.4, 0.5) is 0 Å². The Morgan fingerprint density at radius 2 is 2.00 bits per heavy atom. The zero-order chi connectivity index (χ0) is 18.4. The Balaban J connectivity index is 2.08. The predicted octanol–water partition coefficient (Wildman–Crippen LogP) is 0.992. The summed E-state index contributed by atoms with van der Waals surface area (Å²) in [6.07, 6.45) is 0. The standard InChI is InChI=1S/C18H26N4O3/c1-4-20-18(22-10-12(2)15(11-22)17(24)25-3)21-9-13-5-7-14(8-6-13)16(19)23/h5-8,12,15H,4,9-11H2,1-3H3,(H2,19,23)(H,20,21). The second-order valence-electron chi connectivity index (χ2n) is 6.24. The van der Waals surface area contributed by atoms with Gasteiger partial charge in [0, 0.05) is 25.2 Å². The van der Waals surface area contributed by atoms with E-state index in [1.165, 1.54) is 7.11 Å². The van der Waals surface area contributed by atoms with Crippen LogP contribution in [-0.4, -0.2) is 49.5 Å². The van der Waals surface area contributed by atoms with Crippen LogP contribution in [0.15, 0.2) is 29.3 Å². The maximum Gasteiger partial charge on any atom is 0.310 e. The number of aliphatic imine (C=N–C) groups is 1. The molecule has 1 saturated heterocycles. The maximum absolute atomic E-state index is 11.9. The smallest absolute Gasteiger partial charge is 0.310 e. The normalized spacial score (nSPS) is 20.4. The molecule has 0 aromatic heterocycles. The molecule has 2 rings (SSSR count). The number of hydrogen-bond acceptors (Lipinski definition) is 4. The quantitative estimate of drug-likeness (QED) is 0.471. The fourth-order valence-electron chi connectivity index (χ4n) is 2.96. The number of benzene rings is 1. The van der Waals surface area contributed by atoms with Crippen LogP contribution in [0.2, 0.25) is 0 Å². The fraction of sp³-hybridized carbons (Fsp3) is 0.500. The highest BCUT2D eigenvalue weighted by molar-refractivity contribution is 5.92. The van der Waals surface area contributed by atoms with Crippen molar-refractivity contribution in [2.45, 2.75) is 20.4 Å². The molecular weight excluding hydrogens is 320 g/mol. The molecule has 7 heteroatoms. The Kier molecular flexibility index (Phi) is 6.38. The van der Waals surface area contributed by atoms with Crippen LogP contribution in [0, 0.1) is 11.8 Å². The number of carbonyl (C=O) groups is 2. The molecule has 25 heavy (non-hydrogen) atoms. The van der Waals surface area contributed by atoms with Gasteiger partial charge in [-0.15, -0.1) is 0 Å². The molecule has 1 aliphatic heterocycles. The first-order valence-electron chi connectivity index (χ1n) is 8.46. The average molecular weight is 346 g/mol. The minimum atomic E-state index is -0.441. The molecule has 3 N–H and O–H groups in total. The summed E-state index contributed by atoms with van der Waals surface area (Å²) in [5, 5.41) is 3.27. The van der Waals surface area contributed by atoms with E-state index >= 15 is 0 Å². The summed E-state index contributed by atoms with van der Waals surface area (Å²) in [5.41, 5.74) is 6.71. The largest absolute Gasteiger partial charge is 0.469 e. The first-order valence-corrected chi connectivity index (χ1v) is 8.46. The zero-order valence-electron chi connectivity index (χ0n) is 15.0. The van der Waals surface area contributed by atoms with Crippen molar-refractivity contribution in [1.82, 2.24) is 10.2 Å². The molecule has 1 fully saturated rings. The monoisotopic (exact) mass is 346 g/mol. The van der Waals surface area contributed by atoms with E-state index in [4.69, 9.17) is 10.5 Å². The highest BCUT2D eigenvalue weighted by atomic mass is 16.5. The number of nitrogens with zero attached hydrogens (tertiary/aromatic N) is 2. The number of rotatable bonds is 5. The number of likely N-dealkylation sites (tertiary alicyclic amines) is 1. The molecule has 7 nitrogen and oxygen atoms in total. The van der Waals surface area contributed by atoms with Crippen molar-refractivity contribution in [2.24, 2.45) is 22.6 Å². The second-order valence-corrected chi connectivity index (χ2v) is 6.24. The number of guanidine groups is 1. The Morgan fingerprint density at radius 3 is 2.56 bits per heavy atom. The molecule has 0 spiro atoms. The molecular formula is C18H26N4O3. The molecule has 1 amide bonds. The van der Waals surface area contributed by atoms with Gasteiger partial charge in [-0.2, -0.15) is 0 Å². The highest BCUT2D eigenvalue weighted by Gasteiger charge is 2.36. The van der Waals surface area contributed by atoms with E-state index in [9.17, 15) is 9.59 Å². The minimum absolute atomic E-state index is 0.135. The summed E-state index contributed by atoms with van der Waals surface area (Å²) in [6, 6.07) is 7.09. The topological polar surface area (TPSA) is 97.0 Å². The lowest BCUT2D eigenvalue weighted by atomic mass is 9.99. The molecule has 0 radical (unpaired) electrons. The number of esters is 1. The number of methoxy groups -OCH3 is 1. The molecule has 2 atom stereocenters. The number of nitrogens with two attached hydrogens (primary N) is 1. The van der Waals surface area contributed by atoms with Crippen LogP contribution >= 0.6 is 0 Å². The van der Waals surface area contributed by atoms with E-state index in [2.05, 4.69) is 15.2 Å². The van der Waals surface area contributed by atoms with Crippen LogP contribution in [0.5, 0.6) is 0 Å². The molecule has 2 unspecified atom stereocenters. The zero-order valence-corrected chi connectivity index (χ0v) is 15.0. The van der Waals surface area contributed by atoms with Gasteiger partial charge in [-0.25, -0.2) is 4.99 Å². The Hall–Kier alpha value is -2.57. The molecule has 1 aromatic rings. The first kappa shape index (κ1) is 18.8. The van der Waals surface area contributed by atoms with Gasteiger partial charge in [0.15, 0.2) is 5.96 Å². The van der Waals surface area contributed by atoms with Crippen molar-refractivity contribution in [1.29, 1.82) is 0 Å². The Morgan fingerprint density at radius 1 is 1.32 bits per heavy atom. The number of hydrogen-bond donors (Lipinski definition) is 2. The summed E-state index contributed by atoms with van der Waals surface area (Å²) in [7, 11) is 1.42. The molecule has 1 heterocycles. The van der Waals surface area contributed by atoms with E-state index in [1.54, 1.807) is 12.1 Å². The van der Waals surface area contributed by atoms with Gasteiger partial charge < -0.3 is 20.7 Å². The lowest BCUT2D eigenvalue weighted by molar-refractivity contribution is -0.145. The van der Waals surface area contributed by atoms with E-state index in [1.807, 2.05) is 26.0 Å². The van der Waals surface area contributed by atoms with E-state index < -0.39 is 5.91 Å². The van der Waals surface area contributed by atoms with Gasteiger partial charge in [-0.1, -0.05) is 19.1 Å². The van der Waals surface area contributed by atoms with Crippen LogP contribution in [0.3, 0.4) is 0 Å². The maximum atomic E-state index is 11.9. The average Bonchev–Trinajstić information content (AvgIpc) is 2.99. The lowest BCUT2D eigenvalue weighted by Crippen LogP contribution is -2.40. The van der Waals surface area contributed by atoms with E-state index in [-0.39, 0.29) is 17.8 Å². The number of nitrogens with one attached hydrogen (secondary N) is 1. The van der Waals surface area contributed by atoms with Gasteiger partial charge >= 0.3 is 5.97 Å². The summed E-state index contributed by atoms with van der Waals surface area (Å²) in [6.45, 7) is 6.64. The van der Waals surface area contributed by atoms with Crippen molar-refractivity contribution in [3.05, 3.63) is 35.4 Å². The minimum Gasteiger partial charge on any atom is -0.469 e. The van der Waals surface area contributed by atoms with Crippen LogP contribution in [0.25, 0.3) is 0 Å². The van der Waals surface area contributed by atoms with E-state index in [0.717, 1.165) is 24.6 Å². The second kappa shape index (κ2) is 8.50. The molecule has 0 saturated carbocycles. The first-order chi connectivity index (χ1) is 12.0. The molecule has 0 aliphatic carbocycles. The van der Waals surface area contributed by atoms with Crippen LogP contribution in [0.1, 0.15) is 29.8 Å². The molecule has 136 valence electrons. The van der Waals surface area contributed by atoms with E-state index in [0.29, 0.717) is 18.7 Å². The predicted molar refractivity (Wildman–Crippen MR) is 96.0 cm³/mol. The lowest BCUT2D eigenvalue weighted by Gasteiger charge is -2.21. The van der Waals surface area contributed by atoms with Crippen molar-refractivity contribution < 1.29 is 14.3 Å². The van der Waals surface area contributed by atoms with Crippen molar-refractivity contribution in [3.63, 3.8) is 0 Å². The van der Waals surface area contributed by atoms with Gasteiger partial charge in [0.25, 0.3) is 0 Å². The highest BCUT2D eigenvalue weighted by Crippen LogP contribution is 2.24. The molecule has 1 aromatic carbocycles. The molecule has 0 bridgehead atoms. The third-order valence-electron chi connectivity index (χ3n) is 4.40. The van der Waals surface area contributed by atoms with Gasteiger partial charge in [0.05, 0.1) is 19.6 Å². The number of ether oxygens (including phenoxy) is 1. The molecule has 1 aliphatic rings. The van der Waals surface area contributed by atoms with Gasteiger partial charge in [-0.3, -0.25) is 9.59 Å². The Bertz CT molecular complexity index is 642. The third-order valence-corrected chi connectivity index (χ3v) is 4.40. The number of amides is 1. The van der Waals surface area contributed by atoms with Crippen LogP contribution in [-0.2, 0) is 16.1 Å². The Labute approximate surface area is 148 Å². The van der Waals surface area contributed by atoms with Gasteiger partial charge in [0.1, 0.15) is 0 Å². The van der Waals surface area contributed by atoms with Crippen LogP contribution < -0.4 is 11.1 Å². The number of carbonyl (C=O) groups excluding carboxylic acids is 2. The third kappa shape index (κ3) is 4.71. The van der Waals surface area contributed by atoms with Crippen molar-refractivity contribution in [3.8, 4) is 0 Å². The van der Waals surface area contributed by atoms with Gasteiger partial charge in [-0.05, 0) is 30.5 Å². The summed E-state index contributed by atoms with van der Waals surface area (Å²) >= 11 is 0. The van der Waals surface area contributed by atoms with Crippen molar-refractivity contribution >= 4 is 17.8 Å². The van der Waals surface area contributed by atoms with Crippen molar-refractivity contribution in [2.75, 3.05) is 26.7 Å². The SMILES string of the molecule is CCNC(=NCc1ccc(C(N)=O)cc1)N1CC(C)C(C(=O)OC)C1.